The van der Waals surface area contributed by atoms with Gasteiger partial charge in [0.1, 0.15) is 0 Å². The van der Waals surface area contributed by atoms with E-state index < -0.39 is 15.7 Å². The van der Waals surface area contributed by atoms with E-state index >= 15 is 0 Å². The summed E-state index contributed by atoms with van der Waals surface area (Å²) in [7, 11) is -1.21. The topological polar surface area (TPSA) is 18.5 Å². The lowest BCUT2D eigenvalue weighted by Crippen LogP contribution is -2.66. The number of hydrogen-bond acceptors (Lipinski definition) is 2. The smallest absolute Gasteiger partial charge is 0.207 e. The van der Waals surface area contributed by atoms with Crippen molar-refractivity contribution in [3.05, 3.63) is 0 Å². The molecule has 1 unspecified atom stereocenters. The molecule has 4 heteroatoms. The fourth-order valence-corrected chi connectivity index (χ4v) is 11.2. The summed E-state index contributed by atoms with van der Waals surface area (Å²) in [6.07, 6.45) is 1.15. The molecule has 1 fully saturated rings. The third-order valence-electron chi connectivity index (χ3n) is 3.46. The van der Waals surface area contributed by atoms with Gasteiger partial charge >= 0.3 is 0 Å². The zero-order chi connectivity index (χ0) is 10.3. The maximum absolute atomic E-state index is 6.24. The monoisotopic (exact) mass is 218 g/mol. The molecule has 78 valence electrons. The van der Waals surface area contributed by atoms with Crippen LogP contribution in [0, 0.1) is 0 Å². The molecule has 1 rings (SSSR count). The van der Waals surface area contributed by atoms with Crippen LogP contribution >= 0.6 is 0 Å². The van der Waals surface area contributed by atoms with Crippen molar-refractivity contribution in [2.75, 3.05) is 7.11 Å². The Hall–Kier alpha value is 0.354. The second-order valence-electron chi connectivity index (χ2n) is 5.31. The molecule has 0 radical (unpaired) electrons. The Morgan fingerprint density at radius 3 is 2.15 bits per heavy atom. The van der Waals surface area contributed by atoms with Gasteiger partial charge in [0.05, 0.1) is 5.60 Å². The molecule has 2 nitrogen and oxygen atoms in total. The second-order valence-corrected chi connectivity index (χ2v) is 18.7. The quantitative estimate of drug-likeness (QED) is 0.630. The lowest BCUT2D eigenvalue weighted by molar-refractivity contribution is 0.0876. The van der Waals surface area contributed by atoms with Crippen LogP contribution in [0.2, 0.25) is 25.7 Å². The van der Waals surface area contributed by atoms with Crippen LogP contribution in [0.3, 0.4) is 0 Å². The predicted octanol–water partition coefficient (Wildman–Crippen LogP) is 2.69. The Morgan fingerprint density at radius 1 is 1.23 bits per heavy atom. The average molecular weight is 218 g/mol. The summed E-state index contributed by atoms with van der Waals surface area (Å²) in [6, 6.07) is 1.26. The average Bonchev–Trinajstić information content (AvgIpc) is 1.96. The summed E-state index contributed by atoms with van der Waals surface area (Å²) in [5, 5.41) is 0. The molecular weight excluding hydrogens is 196 g/mol. The van der Waals surface area contributed by atoms with Gasteiger partial charge in [-0.2, -0.15) is 0 Å². The van der Waals surface area contributed by atoms with Gasteiger partial charge in [0.25, 0.3) is 0 Å². The molecule has 13 heavy (non-hydrogen) atoms. The van der Waals surface area contributed by atoms with Crippen LogP contribution in [0.15, 0.2) is 0 Å². The summed E-state index contributed by atoms with van der Waals surface area (Å²) in [5.41, 5.74) is 0.0841. The van der Waals surface area contributed by atoms with Crippen molar-refractivity contribution in [2.24, 2.45) is 0 Å². The molecular formula is C9H22O2Si2. The highest BCUT2D eigenvalue weighted by Gasteiger charge is 2.54. The van der Waals surface area contributed by atoms with E-state index in [1.165, 1.54) is 6.04 Å². The van der Waals surface area contributed by atoms with Crippen LogP contribution in [-0.4, -0.2) is 28.4 Å². The van der Waals surface area contributed by atoms with E-state index in [0.29, 0.717) is 0 Å². The highest BCUT2D eigenvalue weighted by Crippen LogP contribution is 2.38. The maximum atomic E-state index is 6.24. The summed E-state index contributed by atoms with van der Waals surface area (Å²) in [6.45, 7) is 11.3. The normalized spacial score (nSPS) is 37.4. The lowest BCUT2D eigenvalue weighted by Gasteiger charge is -2.49. The van der Waals surface area contributed by atoms with E-state index in [2.05, 4.69) is 33.5 Å². The first-order chi connectivity index (χ1) is 5.72. The largest absolute Gasteiger partial charge is 0.420 e. The highest BCUT2D eigenvalue weighted by atomic mass is 29.3. The van der Waals surface area contributed by atoms with Crippen molar-refractivity contribution in [1.29, 1.82) is 0 Å². The number of hydrogen-bond donors (Lipinski definition) is 0. The highest BCUT2D eigenvalue weighted by molar-refractivity contribution is 7.36. The number of rotatable bonds is 1. The van der Waals surface area contributed by atoms with Gasteiger partial charge in [-0.15, -0.1) is 0 Å². The summed E-state index contributed by atoms with van der Waals surface area (Å²) in [5.74, 6) is 0. The van der Waals surface area contributed by atoms with Crippen LogP contribution in [0.25, 0.3) is 0 Å². The molecule has 0 aromatic carbocycles. The van der Waals surface area contributed by atoms with E-state index in [1.54, 1.807) is 0 Å². The van der Waals surface area contributed by atoms with E-state index in [4.69, 9.17) is 8.85 Å². The Balaban J connectivity index is 2.85. The minimum atomic E-state index is -1.56. The first-order valence-corrected chi connectivity index (χ1v) is 11.5. The Labute approximate surface area is 83.7 Å². The van der Waals surface area contributed by atoms with Crippen LogP contribution in [-0.2, 0) is 8.85 Å². The molecule has 0 amide bonds. The molecule has 0 N–H and O–H groups in total. The van der Waals surface area contributed by atoms with Gasteiger partial charge in [-0.25, -0.2) is 0 Å². The molecule has 1 atom stereocenters. The SMILES string of the molecule is CO[Si]1(C)CCC(C)(C)O[Si]1(C)C. The molecule has 0 saturated carbocycles. The lowest BCUT2D eigenvalue weighted by atomic mass is 10.1. The van der Waals surface area contributed by atoms with Gasteiger partial charge in [0.2, 0.25) is 15.7 Å². The molecule has 0 aromatic rings. The minimum absolute atomic E-state index is 0.0841. The van der Waals surface area contributed by atoms with Crippen LogP contribution in [0.4, 0.5) is 0 Å². The van der Waals surface area contributed by atoms with Crippen molar-refractivity contribution >= 4 is 15.7 Å². The predicted molar refractivity (Wildman–Crippen MR) is 60.7 cm³/mol. The molecule has 0 aromatic heterocycles. The van der Waals surface area contributed by atoms with Gasteiger partial charge in [0, 0.05) is 7.11 Å². The van der Waals surface area contributed by atoms with Crippen molar-refractivity contribution < 1.29 is 8.85 Å². The van der Waals surface area contributed by atoms with Gasteiger partial charge in [-0.3, -0.25) is 0 Å². The Bertz CT molecular complexity index is 204. The fraction of sp³-hybridized carbons (Fsp3) is 1.00. The zero-order valence-corrected chi connectivity index (χ0v) is 11.7. The van der Waals surface area contributed by atoms with E-state index in [9.17, 15) is 0 Å². The Kier molecular flexibility index (Phi) is 2.80. The zero-order valence-electron chi connectivity index (χ0n) is 9.73. The third-order valence-corrected chi connectivity index (χ3v) is 18.5. The first kappa shape index (κ1) is 11.4. The summed E-state index contributed by atoms with van der Waals surface area (Å²) in [4.78, 5) is 0. The molecule has 1 aliphatic rings. The fourth-order valence-electron chi connectivity index (χ4n) is 2.04. The van der Waals surface area contributed by atoms with Crippen molar-refractivity contribution in [3.8, 4) is 0 Å². The van der Waals surface area contributed by atoms with Crippen LogP contribution in [0.1, 0.15) is 20.3 Å². The second kappa shape index (κ2) is 3.19. The molecule has 1 heterocycles. The maximum Gasteiger partial charge on any atom is 0.207 e. The standard InChI is InChI=1S/C9H22O2Si2/c1-9(2)7-8-13(6,10-3)12(4,5)11-9/h7-8H2,1-6H3. The third kappa shape index (κ3) is 2.06. The molecule has 0 bridgehead atoms. The first-order valence-electron chi connectivity index (χ1n) is 4.98. The van der Waals surface area contributed by atoms with Gasteiger partial charge < -0.3 is 8.85 Å². The van der Waals surface area contributed by atoms with E-state index in [0.717, 1.165) is 6.42 Å². The van der Waals surface area contributed by atoms with Crippen molar-refractivity contribution in [2.45, 2.75) is 51.6 Å². The van der Waals surface area contributed by atoms with Crippen LogP contribution < -0.4 is 0 Å². The molecule has 1 aliphatic heterocycles. The molecule has 0 aliphatic carbocycles. The van der Waals surface area contributed by atoms with Gasteiger partial charge in [0.15, 0.2) is 0 Å². The van der Waals surface area contributed by atoms with Gasteiger partial charge in [-0.05, 0) is 46.0 Å². The van der Waals surface area contributed by atoms with Gasteiger partial charge in [-0.1, -0.05) is 0 Å². The molecule has 1 saturated heterocycles. The molecule has 0 spiro atoms. The van der Waals surface area contributed by atoms with Crippen molar-refractivity contribution in [1.82, 2.24) is 0 Å². The Morgan fingerprint density at radius 2 is 1.77 bits per heavy atom. The summed E-state index contributed by atoms with van der Waals surface area (Å²) < 4.78 is 12.0. The van der Waals surface area contributed by atoms with Crippen molar-refractivity contribution in [3.63, 3.8) is 0 Å². The summed E-state index contributed by atoms with van der Waals surface area (Å²) >= 11 is 0. The van der Waals surface area contributed by atoms with Crippen LogP contribution in [0.5, 0.6) is 0 Å². The van der Waals surface area contributed by atoms with E-state index in [-0.39, 0.29) is 5.60 Å². The minimum Gasteiger partial charge on any atom is -0.420 e. The van der Waals surface area contributed by atoms with E-state index in [1.807, 2.05) is 7.11 Å².